The molecule has 0 rings (SSSR count). The van der Waals surface area contributed by atoms with Crippen LogP contribution in [0.3, 0.4) is 0 Å². The fourth-order valence-corrected chi connectivity index (χ4v) is 1.48. The zero-order valence-corrected chi connectivity index (χ0v) is 11.9. The number of carbonyl (C=O) groups excluding carboxylic acids is 1. The molecular weight excluding hydrogens is 232 g/mol. The van der Waals surface area contributed by atoms with Crippen LogP contribution < -0.4 is 10.6 Å². The summed E-state index contributed by atoms with van der Waals surface area (Å²) in [4.78, 5) is 22.4. The van der Waals surface area contributed by atoms with Crippen molar-refractivity contribution in [2.24, 2.45) is 0 Å². The van der Waals surface area contributed by atoms with Gasteiger partial charge in [0.2, 0.25) is 5.91 Å². The molecule has 0 saturated carbocycles. The van der Waals surface area contributed by atoms with Gasteiger partial charge in [-0.1, -0.05) is 26.2 Å². The molecule has 1 atom stereocenters. The van der Waals surface area contributed by atoms with Crippen LogP contribution in [-0.4, -0.2) is 35.1 Å². The summed E-state index contributed by atoms with van der Waals surface area (Å²) in [5, 5.41) is 14.5. The highest BCUT2D eigenvalue weighted by Gasteiger charge is 2.26. The first-order chi connectivity index (χ1) is 8.29. The van der Waals surface area contributed by atoms with E-state index in [2.05, 4.69) is 17.6 Å². The fraction of sp³-hybridized carbons (Fsp3) is 0.846. The van der Waals surface area contributed by atoms with Gasteiger partial charge in [0.05, 0.1) is 6.54 Å². The minimum atomic E-state index is -1.08. The van der Waals surface area contributed by atoms with Gasteiger partial charge in [0.1, 0.15) is 5.54 Å². The maximum absolute atomic E-state index is 11.6. The highest BCUT2D eigenvalue weighted by atomic mass is 16.4. The summed E-state index contributed by atoms with van der Waals surface area (Å²) < 4.78 is 0. The largest absolute Gasteiger partial charge is 0.480 e. The normalized spacial score (nSPS) is 13.1. The van der Waals surface area contributed by atoms with Gasteiger partial charge >= 0.3 is 5.97 Å². The van der Waals surface area contributed by atoms with E-state index in [1.165, 1.54) is 20.3 Å². The number of unbranched alkanes of at least 4 members (excludes halogenated alkanes) is 2. The maximum Gasteiger partial charge on any atom is 0.323 e. The first-order valence-corrected chi connectivity index (χ1v) is 6.57. The molecule has 0 fully saturated rings. The Hall–Kier alpha value is -1.10. The quantitative estimate of drug-likeness (QED) is 0.548. The van der Waals surface area contributed by atoms with Gasteiger partial charge in [-0.3, -0.25) is 14.9 Å². The summed E-state index contributed by atoms with van der Waals surface area (Å²) in [6, 6.07) is 0.138. The van der Waals surface area contributed by atoms with Gasteiger partial charge in [-0.05, 0) is 27.2 Å². The third-order valence-electron chi connectivity index (χ3n) is 2.87. The number of hydrogen-bond donors (Lipinski definition) is 3. The minimum Gasteiger partial charge on any atom is -0.480 e. The first-order valence-electron chi connectivity index (χ1n) is 6.57. The van der Waals surface area contributed by atoms with Crippen LogP contribution >= 0.6 is 0 Å². The van der Waals surface area contributed by atoms with E-state index >= 15 is 0 Å². The monoisotopic (exact) mass is 258 g/mol. The summed E-state index contributed by atoms with van der Waals surface area (Å²) in [6.07, 6.45) is 4.40. The summed E-state index contributed by atoms with van der Waals surface area (Å²) in [6.45, 7) is 7.20. The Bertz CT molecular complexity index is 277. The maximum atomic E-state index is 11.6. The second-order valence-electron chi connectivity index (χ2n) is 5.25. The molecule has 3 N–H and O–H groups in total. The highest BCUT2D eigenvalue weighted by molar-refractivity contribution is 5.81. The Labute approximate surface area is 109 Å². The van der Waals surface area contributed by atoms with Gasteiger partial charge in [-0.25, -0.2) is 0 Å². The van der Waals surface area contributed by atoms with Crippen LogP contribution in [0.1, 0.15) is 53.4 Å². The lowest BCUT2D eigenvalue weighted by Crippen LogP contribution is -2.51. The summed E-state index contributed by atoms with van der Waals surface area (Å²) in [5.41, 5.74) is -1.08. The average Bonchev–Trinajstić information content (AvgIpc) is 2.26. The molecular formula is C13H26N2O3. The van der Waals surface area contributed by atoms with Crippen LogP contribution in [0.4, 0.5) is 0 Å². The number of hydrogen-bond acceptors (Lipinski definition) is 3. The van der Waals surface area contributed by atoms with Crippen LogP contribution in [0.25, 0.3) is 0 Å². The molecule has 0 aromatic carbocycles. The Balaban J connectivity index is 3.87. The van der Waals surface area contributed by atoms with Crippen molar-refractivity contribution in [1.82, 2.24) is 10.6 Å². The molecule has 0 aliphatic rings. The number of nitrogens with one attached hydrogen (secondary N) is 2. The molecule has 0 aliphatic heterocycles. The van der Waals surface area contributed by atoms with Crippen molar-refractivity contribution in [3.05, 3.63) is 0 Å². The van der Waals surface area contributed by atoms with Gasteiger partial charge in [0, 0.05) is 6.04 Å². The minimum absolute atomic E-state index is 0.0252. The highest BCUT2D eigenvalue weighted by Crippen LogP contribution is 2.03. The Kier molecular flexibility index (Phi) is 7.59. The van der Waals surface area contributed by atoms with Crippen LogP contribution in [0.15, 0.2) is 0 Å². The lowest BCUT2D eigenvalue weighted by molar-refractivity contribution is -0.143. The van der Waals surface area contributed by atoms with Crippen molar-refractivity contribution in [3.8, 4) is 0 Å². The molecule has 1 unspecified atom stereocenters. The van der Waals surface area contributed by atoms with Crippen LogP contribution in [0.5, 0.6) is 0 Å². The molecule has 0 aromatic heterocycles. The molecule has 5 heteroatoms. The zero-order valence-electron chi connectivity index (χ0n) is 11.9. The summed E-state index contributed by atoms with van der Waals surface area (Å²) in [5.74, 6) is -1.13. The van der Waals surface area contributed by atoms with E-state index in [9.17, 15) is 9.59 Å². The Morgan fingerprint density at radius 2 is 1.89 bits per heavy atom. The lowest BCUT2D eigenvalue weighted by Gasteiger charge is -2.21. The molecule has 0 bridgehead atoms. The standard InChI is InChI=1S/C13H26N2O3/c1-5-6-7-8-10(2)15-11(16)9-14-13(3,4)12(17)18/h10,14H,5-9H2,1-4H3,(H,15,16)(H,17,18). The second-order valence-corrected chi connectivity index (χ2v) is 5.25. The number of carboxylic acid groups (broad SMARTS) is 1. The molecule has 106 valence electrons. The topological polar surface area (TPSA) is 78.4 Å². The molecule has 0 spiro atoms. The van der Waals surface area contributed by atoms with Crippen molar-refractivity contribution in [1.29, 1.82) is 0 Å². The SMILES string of the molecule is CCCCCC(C)NC(=O)CNC(C)(C)C(=O)O. The van der Waals surface area contributed by atoms with E-state index in [0.717, 1.165) is 19.3 Å². The van der Waals surface area contributed by atoms with Crippen molar-refractivity contribution in [2.45, 2.75) is 65.0 Å². The number of amides is 1. The Morgan fingerprint density at radius 3 is 2.39 bits per heavy atom. The van der Waals surface area contributed by atoms with E-state index in [-0.39, 0.29) is 18.5 Å². The van der Waals surface area contributed by atoms with E-state index in [1.807, 2.05) is 6.92 Å². The molecule has 0 aromatic rings. The summed E-state index contributed by atoms with van der Waals surface area (Å²) >= 11 is 0. The van der Waals surface area contributed by atoms with E-state index in [0.29, 0.717) is 0 Å². The molecule has 1 amide bonds. The smallest absolute Gasteiger partial charge is 0.323 e. The van der Waals surface area contributed by atoms with Crippen LogP contribution in [-0.2, 0) is 9.59 Å². The number of rotatable bonds is 9. The van der Waals surface area contributed by atoms with E-state index < -0.39 is 11.5 Å². The number of aliphatic carboxylic acids is 1. The van der Waals surface area contributed by atoms with Gasteiger partial charge in [0.15, 0.2) is 0 Å². The number of carbonyl (C=O) groups is 2. The van der Waals surface area contributed by atoms with Crippen molar-refractivity contribution < 1.29 is 14.7 Å². The van der Waals surface area contributed by atoms with Gasteiger partial charge in [-0.15, -0.1) is 0 Å². The van der Waals surface area contributed by atoms with E-state index in [1.54, 1.807) is 0 Å². The zero-order chi connectivity index (χ0) is 14.2. The second kappa shape index (κ2) is 8.08. The van der Waals surface area contributed by atoms with Crippen molar-refractivity contribution in [2.75, 3.05) is 6.54 Å². The third kappa shape index (κ3) is 7.27. The fourth-order valence-electron chi connectivity index (χ4n) is 1.48. The van der Waals surface area contributed by atoms with Crippen LogP contribution in [0.2, 0.25) is 0 Å². The average molecular weight is 258 g/mol. The van der Waals surface area contributed by atoms with E-state index in [4.69, 9.17) is 5.11 Å². The number of carboxylic acids is 1. The molecule has 0 radical (unpaired) electrons. The molecule has 5 nitrogen and oxygen atoms in total. The molecule has 18 heavy (non-hydrogen) atoms. The van der Waals surface area contributed by atoms with Crippen molar-refractivity contribution in [3.63, 3.8) is 0 Å². The molecule has 0 aliphatic carbocycles. The predicted molar refractivity (Wildman–Crippen MR) is 71.5 cm³/mol. The molecule has 0 heterocycles. The molecule has 0 saturated heterocycles. The van der Waals surface area contributed by atoms with Gasteiger partial charge in [-0.2, -0.15) is 0 Å². The van der Waals surface area contributed by atoms with Crippen LogP contribution in [0, 0.1) is 0 Å². The lowest BCUT2D eigenvalue weighted by atomic mass is 10.1. The van der Waals surface area contributed by atoms with Crippen molar-refractivity contribution >= 4 is 11.9 Å². The predicted octanol–water partition coefficient (Wildman–Crippen LogP) is 1.52. The van der Waals surface area contributed by atoms with Gasteiger partial charge in [0.25, 0.3) is 0 Å². The third-order valence-corrected chi connectivity index (χ3v) is 2.87. The summed E-state index contributed by atoms with van der Waals surface area (Å²) in [7, 11) is 0. The Morgan fingerprint density at radius 1 is 1.28 bits per heavy atom. The first kappa shape index (κ1) is 16.9. The van der Waals surface area contributed by atoms with Gasteiger partial charge < -0.3 is 10.4 Å².